The quantitative estimate of drug-likeness (QED) is 0.676. The Morgan fingerprint density at radius 1 is 1.12 bits per heavy atom. The summed E-state index contributed by atoms with van der Waals surface area (Å²) < 4.78 is 2.26. The standard InChI is InChI=1S/C20H25N5O/c1-3-24(4-2)12-13-25-11-9-16-14-17(7-8-19(16)25)22-20(26)23-18-6-5-10-21-15-18/h5-11,14-15H,3-4,12-13H2,1-2H3,(H2,22,23,26). The van der Waals surface area contributed by atoms with E-state index in [4.69, 9.17) is 0 Å². The Hall–Kier alpha value is -2.86. The molecule has 0 aliphatic heterocycles. The molecule has 0 saturated heterocycles. The molecule has 0 saturated carbocycles. The number of nitrogens with zero attached hydrogens (tertiary/aromatic N) is 3. The number of pyridine rings is 1. The Labute approximate surface area is 153 Å². The number of urea groups is 1. The number of nitrogens with one attached hydrogen (secondary N) is 2. The largest absolute Gasteiger partial charge is 0.346 e. The molecule has 136 valence electrons. The lowest BCUT2D eigenvalue weighted by atomic mass is 10.2. The lowest BCUT2D eigenvalue weighted by molar-refractivity contribution is 0.262. The molecule has 1 aromatic carbocycles. The number of anilines is 2. The van der Waals surface area contributed by atoms with Crippen LogP contribution in [0.2, 0.25) is 0 Å². The summed E-state index contributed by atoms with van der Waals surface area (Å²) in [7, 11) is 0. The van der Waals surface area contributed by atoms with E-state index in [-0.39, 0.29) is 6.03 Å². The average molecular weight is 351 g/mol. The Morgan fingerprint density at radius 3 is 2.65 bits per heavy atom. The second kappa shape index (κ2) is 8.49. The molecule has 2 N–H and O–H groups in total. The molecule has 0 atom stereocenters. The molecule has 0 spiro atoms. The fourth-order valence-electron chi connectivity index (χ4n) is 2.99. The number of rotatable bonds is 7. The maximum Gasteiger partial charge on any atom is 0.323 e. The van der Waals surface area contributed by atoms with Crippen LogP contribution in [0.15, 0.2) is 55.0 Å². The summed E-state index contributed by atoms with van der Waals surface area (Å²) in [6.07, 6.45) is 5.38. The predicted molar refractivity (Wildman–Crippen MR) is 107 cm³/mol. The van der Waals surface area contributed by atoms with Gasteiger partial charge in [-0.2, -0.15) is 0 Å². The van der Waals surface area contributed by atoms with E-state index >= 15 is 0 Å². The molecule has 6 nitrogen and oxygen atoms in total. The molecule has 0 unspecified atom stereocenters. The van der Waals surface area contributed by atoms with Gasteiger partial charge in [0.05, 0.1) is 11.9 Å². The van der Waals surface area contributed by atoms with Crippen LogP contribution in [0.1, 0.15) is 13.8 Å². The van der Waals surface area contributed by atoms with E-state index < -0.39 is 0 Å². The van der Waals surface area contributed by atoms with Gasteiger partial charge in [0.2, 0.25) is 0 Å². The zero-order chi connectivity index (χ0) is 18.4. The average Bonchev–Trinajstić information content (AvgIpc) is 3.05. The van der Waals surface area contributed by atoms with Crippen LogP contribution < -0.4 is 10.6 Å². The van der Waals surface area contributed by atoms with Crippen molar-refractivity contribution in [1.29, 1.82) is 0 Å². The number of carbonyl (C=O) groups excluding carboxylic acids is 1. The van der Waals surface area contributed by atoms with Gasteiger partial charge in [-0.25, -0.2) is 4.79 Å². The molecule has 0 aliphatic carbocycles. The van der Waals surface area contributed by atoms with Crippen LogP contribution >= 0.6 is 0 Å². The lowest BCUT2D eigenvalue weighted by Gasteiger charge is -2.18. The molecule has 0 fully saturated rings. The molecule has 2 aromatic heterocycles. The van der Waals surface area contributed by atoms with Crippen LogP contribution in [0.4, 0.5) is 16.2 Å². The Bertz CT molecular complexity index is 855. The zero-order valence-electron chi connectivity index (χ0n) is 15.3. The van der Waals surface area contributed by atoms with Gasteiger partial charge in [-0.15, -0.1) is 0 Å². The SMILES string of the molecule is CCN(CC)CCn1ccc2cc(NC(=O)Nc3cccnc3)ccc21. The van der Waals surface area contributed by atoms with E-state index in [9.17, 15) is 4.79 Å². The molecule has 3 rings (SSSR count). The van der Waals surface area contributed by atoms with Gasteiger partial charge in [0.1, 0.15) is 0 Å². The lowest BCUT2D eigenvalue weighted by Crippen LogP contribution is -2.26. The first-order chi connectivity index (χ1) is 12.7. The highest BCUT2D eigenvalue weighted by Crippen LogP contribution is 2.21. The minimum atomic E-state index is -0.279. The first kappa shape index (κ1) is 17.9. The Morgan fingerprint density at radius 2 is 1.92 bits per heavy atom. The topological polar surface area (TPSA) is 62.2 Å². The predicted octanol–water partition coefficient (Wildman–Crippen LogP) is 4.02. The molecule has 2 amide bonds. The van der Waals surface area contributed by atoms with Gasteiger partial charge in [-0.3, -0.25) is 4.98 Å². The van der Waals surface area contributed by atoms with Crippen LogP contribution in [0.5, 0.6) is 0 Å². The van der Waals surface area contributed by atoms with Gasteiger partial charge < -0.3 is 20.1 Å². The van der Waals surface area contributed by atoms with E-state index in [0.29, 0.717) is 5.69 Å². The number of hydrogen-bond acceptors (Lipinski definition) is 3. The van der Waals surface area contributed by atoms with Crippen molar-refractivity contribution in [3.8, 4) is 0 Å². The second-order valence-corrected chi connectivity index (χ2v) is 6.13. The summed E-state index contributed by atoms with van der Waals surface area (Å²) in [5.74, 6) is 0. The third-order valence-corrected chi connectivity index (χ3v) is 4.50. The third kappa shape index (κ3) is 4.40. The molecule has 0 bridgehead atoms. The molecule has 2 heterocycles. The van der Waals surface area contributed by atoms with Gasteiger partial charge in [0, 0.05) is 42.1 Å². The maximum absolute atomic E-state index is 12.1. The van der Waals surface area contributed by atoms with Crippen molar-refractivity contribution in [1.82, 2.24) is 14.5 Å². The zero-order valence-corrected chi connectivity index (χ0v) is 15.3. The maximum atomic E-state index is 12.1. The van der Waals surface area contributed by atoms with Crippen LogP contribution in [-0.4, -0.2) is 40.1 Å². The molecule has 0 radical (unpaired) electrons. The summed E-state index contributed by atoms with van der Waals surface area (Å²) in [6, 6.07) is 11.4. The van der Waals surface area contributed by atoms with Crippen LogP contribution in [0.3, 0.4) is 0 Å². The highest BCUT2D eigenvalue weighted by molar-refractivity contribution is 6.00. The Kier molecular flexibility index (Phi) is 5.86. The smallest absolute Gasteiger partial charge is 0.323 e. The summed E-state index contributed by atoms with van der Waals surface area (Å²) in [5, 5.41) is 6.75. The highest BCUT2D eigenvalue weighted by Gasteiger charge is 2.07. The van der Waals surface area contributed by atoms with E-state index in [0.717, 1.165) is 37.3 Å². The summed E-state index contributed by atoms with van der Waals surface area (Å²) >= 11 is 0. The van der Waals surface area contributed by atoms with Crippen molar-refractivity contribution < 1.29 is 4.79 Å². The number of hydrogen-bond donors (Lipinski definition) is 2. The molecular formula is C20H25N5O. The van der Waals surface area contributed by atoms with Crippen LogP contribution in [-0.2, 0) is 6.54 Å². The van der Waals surface area contributed by atoms with Crippen molar-refractivity contribution in [2.24, 2.45) is 0 Å². The van der Waals surface area contributed by atoms with Crippen LogP contribution in [0.25, 0.3) is 10.9 Å². The minimum Gasteiger partial charge on any atom is -0.346 e. The van der Waals surface area contributed by atoms with Gasteiger partial charge in [0.25, 0.3) is 0 Å². The summed E-state index contributed by atoms with van der Waals surface area (Å²) in [4.78, 5) is 18.5. The highest BCUT2D eigenvalue weighted by atomic mass is 16.2. The van der Waals surface area contributed by atoms with E-state index in [1.165, 1.54) is 5.52 Å². The molecule has 3 aromatic rings. The first-order valence-electron chi connectivity index (χ1n) is 8.99. The van der Waals surface area contributed by atoms with Crippen molar-refractivity contribution in [3.05, 3.63) is 55.0 Å². The number of benzene rings is 1. The molecular weight excluding hydrogens is 326 g/mol. The fraction of sp³-hybridized carbons (Fsp3) is 0.300. The van der Waals surface area contributed by atoms with Gasteiger partial charge in [0.15, 0.2) is 0 Å². The first-order valence-corrected chi connectivity index (χ1v) is 8.99. The van der Waals surface area contributed by atoms with E-state index in [2.05, 4.69) is 57.3 Å². The molecule has 0 aliphatic rings. The molecule has 6 heteroatoms. The van der Waals surface area contributed by atoms with E-state index in [1.807, 2.05) is 12.1 Å². The third-order valence-electron chi connectivity index (χ3n) is 4.50. The van der Waals surface area contributed by atoms with Crippen molar-refractivity contribution >= 4 is 28.3 Å². The number of carbonyl (C=O) groups is 1. The van der Waals surface area contributed by atoms with Gasteiger partial charge >= 0.3 is 6.03 Å². The second-order valence-electron chi connectivity index (χ2n) is 6.13. The number of amides is 2. The monoisotopic (exact) mass is 351 g/mol. The normalized spacial score (nSPS) is 11.0. The Balaban J connectivity index is 1.65. The van der Waals surface area contributed by atoms with E-state index in [1.54, 1.807) is 24.5 Å². The van der Waals surface area contributed by atoms with Crippen molar-refractivity contribution in [2.45, 2.75) is 20.4 Å². The van der Waals surface area contributed by atoms with Crippen LogP contribution in [0, 0.1) is 0 Å². The number of aromatic nitrogens is 2. The summed E-state index contributed by atoms with van der Waals surface area (Å²) in [6.45, 7) is 8.49. The van der Waals surface area contributed by atoms with Gasteiger partial charge in [-0.05, 0) is 49.5 Å². The summed E-state index contributed by atoms with van der Waals surface area (Å²) in [5.41, 5.74) is 2.60. The minimum absolute atomic E-state index is 0.279. The fourth-order valence-corrected chi connectivity index (χ4v) is 2.99. The number of likely N-dealkylation sites (N-methyl/N-ethyl adjacent to an activating group) is 1. The van der Waals surface area contributed by atoms with Crippen molar-refractivity contribution in [2.75, 3.05) is 30.3 Å². The molecule has 26 heavy (non-hydrogen) atoms. The van der Waals surface area contributed by atoms with Gasteiger partial charge in [-0.1, -0.05) is 13.8 Å². The number of fused-ring (bicyclic) bond motifs is 1. The van der Waals surface area contributed by atoms with Crippen molar-refractivity contribution in [3.63, 3.8) is 0 Å².